The van der Waals surface area contributed by atoms with Gasteiger partial charge in [0.1, 0.15) is 5.82 Å². The lowest BCUT2D eigenvalue weighted by atomic mass is 9.99. The fourth-order valence-electron chi connectivity index (χ4n) is 3.18. The Morgan fingerprint density at radius 1 is 1.30 bits per heavy atom. The number of rotatable bonds is 2. The maximum Gasteiger partial charge on any atom is 0.251 e. The molecular weight excluding hydrogens is 294 g/mol. The molecule has 1 aromatic carbocycles. The molecule has 2 N–H and O–H groups in total. The Kier molecular flexibility index (Phi) is 3.07. The van der Waals surface area contributed by atoms with Crippen molar-refractivity contribution < 1.29 is 9.59 Å². The summed E-state index contributed by atoms with van der Waals surface area (Å²) in [6.45, 7) is 3.75. The lowest BCUT2D eigenvalue weighted by Crippen LogP contribution is -2.31. The summed E-state index contributed by atoms with van der Waals surface area (Å²) in [6, 6.07) is 7.80. The fourth-order valence-corrected chi connectivity index (χ4v) is 3.18. The molecule has 0 bridgehead atoms. The molecule has 4 rings (SSSR count). The fraction of sp³-hybridized carbons (Fsp3) is 0.312. The van der Waals surface area contributed by atoms with Crippen LogP contribution in [-0.2, 0) is 17.8 Å². The van der Waals surface area contributed by atoms with E-state index in [2.05, 4.69) is 26.7 Å². The molecule has 0 fully saturated rings. The summed E-state index contributed by atoms with van der Waals surface area (Å²) >= 11 is 0. The predicted molar refractivity (Wildman–Crippen MR) is 86.0 cm³/mol. The van der Waals surface area contributed by atoms with E-state index in [1.54, 1.807) is 0 Å². The van der Waals surface area contributed by atoms with Crippen molar-refractivity contribution in [2.24, 2.45) is 0 Å². The maximum atomic E-state index is 11.8. The molecule has 0 unspecified atom stereocenters. The Bertz CT molecular complexity index is 811. The number of fused-ring (bicyclic) bond motifs is 2. The first-order valence-corrected chi connectivity index (χ1v) is 7.66. The largest absolute Gasteiger partial charge is 0.352 e. The lowest BCUT2D eigenvalue weighted by Gasteiger charge is -2.21. The minimum Gasteiger partial charge on any atom is -0.352 e. The second kappa shape index (κ2) is 5.12. The van der Waals surface area contributed by atoms with Gasteiger partial charge in [-0.05, 0) is 30.2 Å². The van der Waals surface area contributed by atoms with E-state index >= 15 is 0 Å². The number of anilines is 3. The first-order chi connectivity index (χ1) is 11.1. The normalized spacial score (nSPS) is 15.9. The van der Waals surface area contributed by atoms with Crippen molar-refractivity contribution >= 4 is 29.1 Å². The number of aromatic nitrogens is 2. The quantitative estimate of drug-likeness (QED) is 0.875. The van der Waals surface area contributed by atoms with Gasteiger partial charge in [0.15, 0.2) is 5.82 Å². The SMILES string of the molecule is CC(=O)Nc1cc2n(n1)CCN2c1ccc2c(c1)CCNC2=O. The van der Waals surface area contributed by atoms with Crippen molar-refractivity contribution in [2.75, 3.05) is 23.3 Å². The van der Waals surface area contributed by atoms with Crippen LogP contribution in [0.1, 0.15) is 22.8 Å². The van der Waals surface area contributed by atoms with Gasteiger partial charge in [-0.15, -0.1) is 0 Å². The van der Waals surface area contributed by atoms with Crippen LogP contribution in [0.3, 0.4) is 0 Å². The Hall–Kier alpha value is -2.83. The molecule has 2 amide bonds. The Morgan fingerprint density at radius 3 is 3.00 bits per heavy atom. The minimum atomic E-state index is -0.131. The number of hydrogen-bond acceptors (Lipinski definition) is 4. The standard InChI is InChI=1S/C16H17N5O2/c1-10(22)18-14-9-15-20(6-7-21(15)19-14)12-2-3-13-11(8-12)4-5-17-16(13)23/h2-3,8-9H,4-7H2,1H3,(H,17,23)(H,18,19,22). The van der Waals surface area contributed by atoms with E-state index in [1.807, 2.05) is 22.9 Å². The zero-order valence-corrected chi connectivity index (χ0v) is 12.8. The molecule has 0 saturated heterocycles. The minimum absolute atomic E-state index is 0.00259. The molecule has 0 aliphatic carbocycles. The van der Waals surface area contributed by atoms with Crippen molar-refractivity contribution in [1.29, 1.82) is 0 Å². The average Bonchev–Trinajstić information content (AvgIpc) is 3.06. The van der Waals surface area contributed by atoms with Crippen LogP contribution in [-0.4, -0.2) is 34.7 Å². The predicted octanol–water partition coefficient (Wildman–Crippen LogP) is 1.28. The summed E-state index contributed by atoms with van der Waals surface area (Å²) in [5.74, 6) is 1.38. The molecule has 2 aliphatic rings. The number of benzene rings is 1. The smallest absolute Gasteiger partial charge is 0.251 e. The van der Waals surface area contributed by atoms with Gasteiger partial charge in [0.2, 0.25) is 5.91 Å². The van der Waals surface area contributed by atoms with Crippen LogP contribution in [0.4, 0.5) is 17.3 Å². The van der Waals surface area contributed by atoms with E-state index in [4.69, 9.17) is 0 Å². The monoisotopic (exact) mass is 311 g/mol. The molecule has 0 saturated carbocycles. The van der Waals surface area contributed by atoms with E-state index in [9.17, 15) is 9.59 Å². The average molecular weight is 311 g/mol. The van der Waals surface area contributed by atoms with E-state index in [-0.39, 0.29) is 11.8 Å². The number of carbonyl (C=O) groups is 2. The third-order valence-corrected chi connectivity index (χ3v) is 4.20. The number of nitrogens with zero attached hydrogens (tertiary/aromatic N) is 3. The summed E-state index contributed by atoms with van der Waals surface area (Å²) in [5.41, 5.74) is 2.88. The molecular formula is C16H17N5O2. The molecule has 2 aliphatic heterocycles. The zero-order valence-electron chi connectivity index (χ0n) is 12.8. The first kappa shape index (κ1) is 13.8. The van der Waals surface area contributed by atoms with Gasteiger partial charge in [-0.3, -0.25) is 9.59 Å². The van der Waals surface area contributed by atoms with Gasteiger partial charge in [-0.2, -0.15) is 5.10 Å². The molecule has 7 heteroatoms. The van der Waals surface area contributed by atoms with Crippen molar-refractivity contribution in [3.63, 3.8) is 0 Å². The topological polar surface area (TPSA) is 79.3 Å². The van der Waals surface area contributed by atoms with Crippen LogP contribution < -0.4 is 15.5 Å². The highest BCUT2D eigenvalue weighted by molar-refractivity contribution is 5.97. The Morgan fingerprint density at radius 2 is 2.17 bits per heavy atom. The molecule has 2 aromatic rings. The van der Waals surface area contributed by atoms with Crippen LogP contribution in [0, 0.1) is 0 Å². The van der Waals surface area contributed by atoms with Crippen molar-refractivity contribution in [3.8, 4) is 0 Å². The summed E-state index contributed by atoms with van der Waals surface area (Å²) in [7, 11) is 0. The lowest BCUT2D eigenvalue weighted by molar-refractivity contribution is -0.114. The van der Waals surface area contributed by atoms with Crippen molar-refractivity contribution in [3.05, 3.63) is 35.4 Å². The highest BCUT2D eigenvalue weighted by Gasteiger charge is 2.25. The number of amides is 2. The summed E-state index contributed by atoms with van der Waals surface area (Å²) in [4.78, 5) is 25.2. The van der Waals surface area contributed by atoms with Gasteiger partial charge in [0.05, 0.1) is 6.54 Å². The molecule has 0 spiro atoms. The molecule has 118 valence electrons. The number of hydrogen-bond donors (Lipinski definition) is 2. The van der Waals surface area contributed by atoms with Gasteiger partial charge in [-0.25, -0.2) is 4.68 Å². The molecule has 7 nitrogen and oxygen atoms in total. The summed E-state index contributed by atoms with van der Waals surface area (Å²) in [5, 5.41) is 9.95. The van der Waals surface area contributed by atoms with E-state index in [0.717, 1.165) is 42.1 Å². The molecule has 23 heavy (non-hydrogen) atoms. The zero-order chi connectivity index (χ0) is 16.0. The second-order valence-electron chi connectivity index (χ2n) is 5.79. The van der Waals surface area contributed by atoms with Crippen LogP contribution in [0.15, 0.2) is 24.3 Å². The van der Waals surface area contributed by atoms with Crippen molar-refractivity contribution in [2.45, 2.75) is 19.9 Å². The molecule has 1 aromatic heterocycles. The van der Waals surface area contributed by atoms with Crippen LogP contribution in [0.25, 0.3) is 0 Å². The molecule has 3 heterocycles. The van der Waals surface area contributed by atoms with Gasteiger partial charge >= 0.3 is 0 Å². The van der Waals surface area contributed by atoms with Crippen LogP contribution >= 0.6 is 0 Å². The third-order valence-electron chi connectivity index (χ3n) is 4.20. The molecule has 0 radical (unpaired) electrons. The van der Waals surface area contributed by atoms with E-state index in [1.165, 1.54) is 6.92 Å². The molecule has 0 atom stereocenters. The maximum absolute atomic E-state index is 11.8. The van der Waals surface area contributed by atoms with Gasteiger partial charge in [0.25, 0.3) is 5.91 Å². The Labute approximate surface area is 133 Å². The summed E-state index contributed by atoms with van der Waals surface area (Å²) in [6.07, 6.45) is 0.846. The highest BCUT2D eigenvalue weighted by atomic mass is 16.2. The van der Waals surface area contributed by atoms with Crippen LogP contribution in [0.2, 0.25) is 0 Å². The van der Waals surface area contributed by atoms with E-state index in [0.29, 0.717) is 12.4 Å². The Balaban J connectivity index is 1.67. The van der Waals surface area contributed by atoms with E-state index < -0.39 is 0 Å². The third kappa shape index (κ3) is 2.34. The summed E-state index contributed by atoms with van der Waals surface area (Å²) < 4.78 is 1.89. The van der Waals surface area contributed by atoms with Gasteiger partial charge in [0, 0.05) is 37.3 Å². The first-order valence-electron chi connectivity index (χ1n) is 7.66. The second-order valence-corrected chi connectivity index (χ2v) is 5.79. The van der Waals surface area contributed by atoms with Gasteiger partial charge < -0.3 is 15.5 Å². The highest BCUT2D eigenvalue weighted by Crippen LogP contribution is 2.33. The number of carbonyl (C=O) groups excluding carboxylic acids is 2. The van der Waals surface area contributed by atoms with Gasteiger partial charge in [-0.1, -0.05) is 0 Å². The van der Waals surface area contributed by atoms with Crippen LogP contribution in [0.5, 0.6) is 0 Å². The van der Waals surface area contributed by atoms with Crippen molar-refractivity contribution in [1.82, 2.24) is 15.1 Å². The number of nitrogens with one attached hydrogen (secondary N) is 2.